The molecule has 24 heavy (non-hydrogen) atoms. The van der Waals surface area contributed by atoms with Crippen LogP contribution < -0.4 is 0 Å². The molecule has 2 atom stereocenters. The molecule has 0 heterocycles. The van der Waals surface area contributed by atoms with E-state index in [0.717, 1.165) is 19.3 Å². The van der Waals surface area contributed by atoms with Gasteiger partial charge in [0.2, 0.25) is 0 Å². The van der Waals surface area contributed by atoms with Crippen molar-refractivity contribution in [3.8, 4) is 0 Å². The van der Waals surface area contributed by atoms with Crippen molar-refractivity contribution < 1.29 is 14.3 Å². The highest BCUT2D eigenvalue weighted by Gasteiger charge is 2.31. The second kappa shape index (κ2) is 8.72. The fourth-order valence-electron chi connectivity index (χ4n) is 3.29. The Morgan fingerprint density at radius 1 is 1.21 bits per heavy atom. The van der Waals surface area contributed by atoms with Crippen LogP contribution in [0.25, 0.3) is 0 Å². The Morgan fingerprint density at radius 3 is 2.54 bits per heavy atom. The maximum absolute atomic E-state index is 13.0. The van der Waals surface area contributed by atoms with Crippen molar-refractivity contribution in [3.05, 3.63) is 33.8 Å². The van der Waals surface area contributed by atoms with Gasteiger partial charge in [-0.05, 0) is 37.0 Å². The number of halogens is 2. The van der Waals surface area contributed by atoms with E-state index >= 15 is 0 Å². The number of rotatable bonds is 5. The number of carbonyl (C=O) groups is 2. The fourth-order valence-corrected chi connectivity index (χ4v) is 3.58. The van der Waals surface area contributed by atoms with E-state index in [1.54, 1.807) is 23.1 Å². The van der Waals surface area contributed by atoms with Gasteiger partial charge in [0.25, 0.3) is 5.91 Å². The van der Waals surface area contributed by atoms with E-state index in [4.69, 9.17) is 27.9 Å². The van der Waals surface area contributed by atoms with E-state index in [0.29, 0.717) is 28.1 Å². The van der Waals surface area contributed by atoms with Crippen LogP contribution in [-0.2, 0) is 9.53 Å². The fraction of sp³-hybridized carbons (Fsp3) is 0.556. The van der Waals surface area contributed by atoms with Gasteiger partial charge < -0.3 is 9.64 Å². The normalized spacial score (nSPS) is 20.5. The van der Waals surface area contributed by atoms with Gasteiger partial charge in [0.15, 0.2) is 0 Å². The standard InChI is InChI=1S/C18H23Cl2NO3/c1-12-5-3-4-6-16(12)21(10-9-17(22)24-2)18(23)13-7-8-14(19)15(20)11-13/h7-8,11-12,16H,3-6,9-10H2,1-2H3. The molecular weight excluding hydrogens is 349 g/mol. The highest BCUT2D eigenvalue weighted by atomic mass is 35.5. The Kier molecular flexibility index (Phi) is 6.93. The summed E-state index contributed by atoms with van der Waals surface area (Å²) in [5, 5.41) is 0.771. The number of esters is 1. The third-order valence-corrected chi connectivity index (χ3v) is 5.42. The predicted molar refractivity (Wildman–Crippen MR) is 95.6 cm³/mol. The molecule has 0 N–H and O–H groups in total. The Morgan fingerprint density at radius 2 is 1.92 bits per heavy atom. The van der Waals surface area contributed by atoms with Gasteiger partial charge in [-0.2, -0.15) is 0 Å². The zero-order chi connectivity index (χ0) is 17.7. The van der Waals surface area contributed by atoms with E-state index < -0.39 is 0 Å². The summed E-state index contributed by atoms with van der Waals surface area (Å²) >= 11 is 12.0. The molecule has 1 aliphatic carbocycles. The van der Waals surface area contributed by atoms with Crippen LogP contribution in [0.15, 0.2) is 18.2 Å². The molecule has 1 amide bonds. The van der Waals surface area contributed by atoms with E-state index in [2.05, 4.69) is 6.92 Å². The average Bonchev–Trinajstić information content (AvgIpc) is 2.58. The minimum absolute atomic E-state index is 0.115. The van der Waals surface area contributed by atoms with Crippen LogP contribution in [0.3, 0.4) is 0 Å². The SMILES string of the molecule is COC(=O)CCN(C(=O)c1ccc(Cl)c(Cl)c1)C1CCCCC1C. The highest BCUT2D eigenvalue weighted by molar-refractivity contribution is 6.42. The summed E-state index contributed by atoms with van der Waals surface area (Å²) in [6, 6.07) is 5.02. The lowest BCUT2D eigenvalue weighted by Crippen LogP contribution is -2.46. The Labute approximate surface area is 153 Å². The van der Waals surface area contributed by atoms with Gasteiger partial charge in [-0.3, -0.25) is 9.59 Å². The summed E-state index contributed by atoms with van der Waals surface area (Å²) in [5.74, 6) is -0.0234. The predicted octanol–water partition coefficient (Wildman–Crippen LogP) is 4.58. The summed E-state index contributed by atoms with van der Waals surface area (Å²) in [4.78, 5) is 26.4. The number of nitrogens with zero attached hydrogens (tertiary/aromatic N) is 1. The highest BCUT2D eigenvalue weighted by Crippen LogP contribution is 2.30. The van der Waals surface area contributed by atoms with Crippen LogP contribution >= 0.6 is 23.2 Å². The molecule has 1 saturated carbocycles. The minimum Gasteiger partial charge on any atom is -0.469 e. The zero-order valence-corrected chi connectivity index (χ0v) is 15.6. The minimum atomic E-state index is -0.314. The number of benzene rings is 1. The van der Waals surface area contributed by atoms with Crippen molar-refractivity contribution >= 4 is 35.1 Å². The van der Waals surface area contributed by atoms with E-state index in [1.807, 2.05) is 0 Å². The maximum Gasteiger partial charge on any atom is 0.307 e. The topological polar surface area (TPSA) is 46.6 Å². The number of carbonyl (C=O) groups excluding carboxylic acids is 2. The molecular formula is C18H23Cl2NO3. The third-order valence-electron chi connectivity index (χ3n) is 4.68. The molecule has 132 valence electrons. The van der Waals surface area contributed by atoms with Gasteiger partial charge >= 0.3 is 5.97 Å². The summed E-state index contributed by atoms with van der Waals surface area (Å²) in [7, 11) is 1.36. The van der Waals surface area contributed by atoms with Gasteiger partial charge in [-0.15, -0.1) is 0 Å². The number of hydrogen-bond acceptors (Lipinski definition) is 3. The van der Waals surface area contributed by atoms with E-state index in [-0.39, 0.29) is 24.3 Å². The van der Waals surface area contributed by atoms with Gasteiger partial charge in [0.05, 0.1) is 23.6 Å². The van der Waals surface area contributed by atoms with Crippen LogP contribution in [0.4, 0.5) is 0 Å². The molecule has 0 aromatic heterocycles. The summed E-state index contributed by atoms with van der Waals surface area (Å²) in [6.45, 7) is 2.51. The molecule has 1 aliphatic rings. The second-order valence-corrected chi connectivity index (χ2v) is 7.10. The van der Waals surface area contributed by atoms with Crippen LogP contribution in [-0.4, -0.2) is 36.5 Å². The monoisotopic (exact) mass is 371 g/mol. The molecule has 1 aromatic rings. The van der Waals surface area contributed by atoms with Crippen molar-refractivity contribution in [2.75, 3.05) is 13.7 Å². The third kappa shape index (κ3) is 4.64. The van der Waals surface area contributed by atoms with Gasteiger partial charge in [0.1, 0.15) is 0 Å². The molecule has 0 spiro atoms. The quantitative estimate of drug-likeness (QED) is 0.711. The first-order valence-electron chi connectivity index (χ1n) is 8.27. The number of methoxy groups -OCH3 is 1. The molecule has 0 bridgehead atoms. The second-order valence-electron chi connectivity index (χ2n) is 6.28. The van der Waals surface area contributed by atoms with E-state index in [9.17, 15) is 9.59 Å². The summed E-state index contributed by atoms with van der Waals surface area (Å²) < 4.78 is 4.72. The molecule has 0 aliphatic heterocycles. The largest absolute Gasteiger partial charge is 0.469 e. The number of hydrogen-bond donors (Lipinski definition) is 0. The first-order valence-corrected chi connectivity index (χ1v) is 9.02. The van der Waals surface area contributed by atoms with Crippen LogP contribution in [0.5, 0.6) is 0 Å². The lowest BCUT2D eigenvalue weighted by atomic mass is 9.84. The molecule has 4 nitrogen and oxygen atoms in total. The molecule has 1 aromatic carbocycles. The van der Waals surface area contributed by atoms with Crippen molar-refractivity contribution in [3.63, 3.8) is 0 Å². The Hall–Kier alpha value is -1.26. The molecule has 2 rings (SSSR count). The molecule has 1 fully saturated rings. The van der Waals surface area contributed by atoms with Crippen LogP contribution in [0.1, 0.15) is 49.4 Å². The summed E-state index contributed by atoms with van der Waals surface area (Å²) in [6.07, 6.45) is 4.51. The summed E-state index contributed by atoms with van der Waals surface area (Å²) in [5.41, 5.74) is 0.493. The molecule has 0 saturated heterocycles. The van der Waals surface area contributed by atoms with E-state index in [1.165, 1.54) is 13.5 Å². The lowest BCUT2D eigenvalue weighted by Gasteiger charge is -2.38. The first-order chi connectivity index (χ1) is 11.4. The molecule has 0 radical (unpaired) electrons. The first kappa shape index (κ1) is 19.1. The lowest BCUT2D eigenvalue weighted by molar-refractivity contribution is -0.141. The Balaban J connectivity index is 2.23. The van der Waals surface area contributed by atoms with Crippen molar-refractivity contribution in [2.24, 2.45) is 5.92 Å². The average molecular weight is 372 g/mol. The number of amides is 1. The van der Waals surface area contributed by atoms with Crippen molar-refractivity contribution in [1.29, 1.82) is 0 Å². The molecule has 6 heteroatoms. The number of ether oxygens (including phenoxy) is 1. The van der Waals surface area contributed by atoms with Crippen molar-refractivity contribution in [2.45, 2.75) is 45.1 Å². The van der Waals surface area contributed by atoms with Crippen LogP contribution in [0, 0.1) is 5.92 Å². The van der Waals surface area contributed by atoms with Gasteiger partial charge in [-0.25, -0.2) is 0 Å². The zero-order valence-electron chi connectivity index (χ0n) is 14.1. The Bertz CT molecular complexity index is 606. The molecule has 2 unspecified atom stereocenters. The maximum atomic E-state index is 13.0. The van der Waals surface area contributed by atoms with Gasteiger partial charge in [-0.1, -0.05) is 43.0 Å². The van der Waals surface area contributed by atoms with Crippen LogP contribution in [0.2, 0.25) is 10.0 Å². The van der Waals surface area contributed by atoms with Crippen molar-refractivity contribution in [1.82, 2.24) is 4.90 Å². The smallest absolute Gasteiger partial charge is 0.307 e. The van der Waals surface area contributed by atoms with Gasteiger partial charge in [0, 0.05) is 18.2 Å².